The molecule has 3 rings (SSSR count). The summed E-state index contributed by atoms with van der Waals surface area (Å²) in [6.07, 6.45) is 2.07. The molecule has 1 aliphatic heterocycles. The Balaban J connectivity index is 1.61. The van der Waals surface area contributed by atoms with Crippen molar-refractivity contribution in [1.82, 2.24) is 5.32 Å². The monoisotopic (exact) mass is 360 g/mol. The number of hydrogen-bond donors (Lipinski definition) is 2. The summed E-state index contributed by atoms with van der Waals surface area (Å²) in [6.45, 7) is 1.23. The van der Waals surface area contributed by atoms with Crippen LogP contribution >= 0.6 is 0 Å². The van der Waals surface area contributed by atoms with Crippen LogP contribution in [0.2, 0.25) is 0 Å². The third-order valence-corrected chi connectivity index (χ3v) is 5.36. The molecule has 1 saturated heterocycles. The number of benzene rings is 2. The number of hydrogen-bond acceptors (Lipinski definition) is 4. The minimum Gasteiger partial charge on any atom is -0.376 e. The Morgan fingerprint density at radius 3 is 2.44 bits per heavy atom. The van der Waals surface area contributed by atoms with Crippen molar-refractivity contribution in [2.45, 2.75) is 23.8 Å². The first-order valence-electron chi connectivity index (χ1n) is 8.12. The number of ether oxygens (including phenoxy) is 1. The summed E-state index contributed by atoms with van der Waals surface area (Å²) in [4.78, 5) is 12.3. The van der Waals surface area contributed by atoms with E-state index in [-0.39, 0.29) is 16.9 Å². The zero-order valence-electron chi connectivity index (χ0n) is 13.6. The van der Waals surface area contributed by atoms with E-state index in [0.29, 0.717) is 17.8 Å². The van der Waals surface area contributed by atoms with E-state index in [1.54, 1.807) is 42.5 Å². The fourth-order valence-electron chi connectivity index (χ4n) is 2.62. The zero-order valence-corrected chi connectivity index (χ0v) is 14.5. The molecule has 2 aromatic carbocycles. The maximum absolute atomic E-state index is 12.3. The molecule has 0 aromatic heterocycles. The van der Waals surface area contributed by atoms with E-state index < -0.39 is 10.0 Å². The molecule has 0 aliphatic carbocycles. The molecular formula is C18H20N2O4S. The van der Waals surface area contributed by atoms with Gasteiger partial charge in [-0.2, -0.15) is 0 Å². The lowest BCUT2D eigenvalue weighted by molar-refractivity contribution is 0.0858. The third kappa shape index (κ3) is 4.58. The number of anilines is 1. The minimum absolute atomic E-state index is 0.0842. The number of amides is 1. The fraction of sp³-hybridized carbons (Fsp3) is 0.278. The standard InChI is InChI=1S/C18H20N2O4S/c21-18(19-13-16-5-4-12-24-16)14-8-10-15(11-9-14)20-25(22,23)17-6-2-1-3-7-17/h1-3,6-11,16,20H,4-5,12-13H2,(H,19,21)/t16-/m0/s1. The summed E-state index contributed by atoms with van der Waals surface area (Å²) >= 11 is 0. The average molecular weight is 360 g/mol. The van der Waals surface area contributed by atoms with Crippen LogP contribution in [-0.4, -0.2) is 33.6 Å². The molecule has 2 aromatic rings. The van der Waals surface area contributed by atoms with Crippen molar-refractivity contribution in [3.63, 3.8) is 0 Å². The molecule has 0 saturated carbocycles. The number of sulfonamides is 1. The Bertz CT molecular complexity index is 814. The molecule has 0 bridgehead atoms. The van der Waals surface area contributed by atoms with Gasteiger partial charge in [0.1, 0.15) is 0 Å². The van der Waals surface area contributed by atoms with Crippen LogP contribution in [-0.2, 0) is 14.8 Å². The predicted molar refractivity (Wildman–Crippen MR) is 95.0 cm³/mol. The van der Waals surface area contributed by atoms with E-state index in [2.05, 4.69) is 10.0 Å². The van der Waals surface area contributed by atoms with Crippen LogP contribution in [0.3, 0.4) is 0 Å². The summed E-state index contributed by atoms with van der Waals surface area (Å²) < 4.78 is 32.5. The summed E-state index contributed by atoms with van der Waals surface area (Å²) in [7, 11) is -3.63. The van der Waals surface area contributed by atoms with E-state index >= 15 is 0 Å². The van der Waals surface area contributed by atoms with Crippen molar-refractivity contribution in [3.8, 4) is 0 Å². The second kappa shape index (κ2) is 7.67. The third-order valence-electron chi connectivity index (χ3n) is 3.97. The van der Waals surface area contributed by atoms with Crippen LogP contribution < -0.4 is 10.0 Å². The molecule has 1 atom stereocenters. The lowest BCUT2D eigenvalue weighted by atomic mass is 10.2. The Morgan fingerprint density at radius 2 is 1.80 bits per heavy atom. The van der Waals surface area contributed by atoms with Crippen LogP contribution in [0.4, 0.5) is 5.69 Å². The fourth-order valence-corrected chi connectivity index (χ4v) is 3.70. The van der Waals surface area contributed by atoms with Gasteiger partial charge in [0.05, 0.1) is 11.0 Å². The first kappa shape index (κ1) is 17.4. The van der Waals surface area contributed by atoms with Crippen LogP contribution in [0.25, 0.3) is 0 Å². The molecule has 6 nitrogen and oxygen atoms in total. The molecular weight excluding hydrogens is 340 g/mol. The van der Waals surface area contributed by atoms with Crippen LogP contribution in [0.5, 0.6) is 0 Å². The Hall–Kier alpha value is -2.38. The van der Waals surface area contributed by atoms with Crippen molar-refractivity contribution in [3.05, 3.63) is 60.2 Å². The highest BCUT2D eigenvalue weighted by atomic mass is 32.2. The van der Waals surface area contributed by atoms with Crippen LogP contribution in [0, 0.1) is 0 Å². The SMILES string of the molecule is O=C(NC[C@@H]1CCCO1)c1ccc(NS(=O)(=O)c2ccccc2)cc1. The molecule has 1 heterocycles. The van der Waals surface area contributed by atoms with Crippen molar-refractivity contribution in [1.29, 1.82) is 0 Å². The highest BCUT2D eigenvalue weighted by molar-refractivity contribution is 7.92. The quantitative estimate of drug-likeness (QED) is 0.828. The van der Waals surface area contributed by atoms with Gasteiger partial charge in [-0.3, -0.25) is 9.52 Å². The Morgan fingerprint density at radius 1 is 1.08 bits per heavy atom. The first-order chi connectivity index (χ1) is 12.0. The van der Waals surface area contributed by atoms with Crippen molar-refractivity contribution in [2.75, 3.05) is 17.9 Å². The van der Waals surface area contributed by atoms with Gasteiger partial charge in [0.2, 0.25) is 0 Å². The van der Waals surface area contributed by atoms with Gasteiger partial charge in [0.15, 0.2) is 0 Å². The molecule has 0 spiro atoms. The smallest absolute Gasteiger partial charge is 0.261 e. The number of nitrogens with one attached hydrogen (secondary N) is 2. The Kier molecular flexibility index (Phi) is 5.35. The van der Waals surface area contributed by atoms with Crippen LogP contribution in [0.15, 0.2) is 59.5 Å². The van der Waals surface area contributed by atoms with Gasteiger partial charge < -0.3 is 10.1 Å². The largest absolute Gasteiger partial charge is 0.376 e. The molecule has 1 fully saturated rings. The maximum atomic E-state index is 12.3. The second-order valence-corrected chi connectivity index (χ2v) is 7.52. The van der Waals surface area contributed by atoms with Gasteiger partial charge in [-0.05, 0) is 49.2 Å². The lowest BCUT2D eigenvalue weighted by Gasteiger charge is -2.11. The molecule has 2 N–H and O–H groups in total. The van der Waals surface area contributed by atoms with E-state index in [9.17, 15) is 13.2 Å². The Labute approximate surface area is 147 Å². The average Bonchev–Trinajstić information content (AvgIpc) is 3.14. The molecule has 0 radical (unpaired) electrons. The molecule has 132 valence electrons. The van der Waals surface area contributed by atoms with Gasteiger partial charge >= 0.3 is 0 Å². The highest BCUT2D eigenvalue weighted by Crippen LogP contribution is 2.16. The van der Waals surface area contributed by atoms with E-state index in [1.807, 2.05) is 0 Å². The minimum atomic E-state index is -3.63. The number of carbonyl (C=O) groups is 1. The number of carbonyl (C=O) groups excluding carboxylic acids is 1. The summed E-state index contributed by atoms with van der Waals surface area (Å²) in [6, 6.07) is 14.4. The molecule has 0 unspecified atom stereocenters. The molecule has 1 aliphatic rings. The van der Waals surface area contributed by atoms with Crippen LogP contribution in [0.1, 0.15) is 23.2 Å². The summed E-state index contributed by atoms with van der Waals surface area (Å²) in [5.41, 5.74) is 0.875. The van der Waals surface area contributed by atoms with Crippen molar-refractivity contribution in [2.24, 2.45) is 0 Å². The lowest BCUT2D eigenvalue weighted by Crippen LogP contribution is -2.31. The van der Waals surface area contributed by atoms with E-state index in [4.69, 9.17) is 4.74 Å². The van der Waals surface area contributed by atoms with Gasteiger partial charge in [-0.15, -0.1) is 0 Å². The van der Waals surface area contributed by atoms with Gasteiger partial charge in [0, 0.05) is 24.4 Å². The molecule has 7 heteroatoms. The zero-order chi connectivity index (χ0) is 17.7. The van der Waals surface area contributed by atoms with Gasteiger partial charge in [0.25, 0.3) is 15.9 Å². The van der Waals surface area contributed by atoms with E-state index in [1.165, 1.54) is 12.1 Å². The summed E-state index contributed by atoms with van der Waals surface area (Å²) in [5, 5.41) is 2.83. The van der Waals surface area contributed by atoms with Gasteiger partial charge in [-0.25, -0.2) is 8.42 Å². The van der Waals surface area contributed by atoms with Gasteiger partial charge in [-0.1, -0.05) is 18.2 Å². The topological polar surface area (TPSA) is 84.5 Å². The van der Waals surface area contributed by atoms with E-state index in [0.717, 1.165) is 19.4 Å². The molecule has 25 heavy (non-hydrogen) atoms. The molecule has 1 amide bonds. The highest BCUT2D eigenvalue weighted by Gasteiger charge is 2.17. The maximum Gasteiger partial charge on any atom is 0.261 e. The predicted octanol–water partition coefficient (Wildman–Crippen LogP) is 2.40. The summed E-state index contributed by atoms with van der Waals surface area (Å²) in [5.74, 6) is -0.201. The normalized spacial score (nSPS) is 17.2. The first-order valence-corrected chi connectivity index (χ1v) is 9.61. The van der Waals surface area contributed by atoms with Crippen molar-refractivity contribution < 1.29 is 17.9 Å². The second-order valence-electron chi connectivity index (χ2n) is 5.84. The number of rotatable bonds is 6. The van der Waals surface area contributed by atoms with Crippen molar-refractivity contribution >= 4 is 21.6 Å².